The first-order valence-corrected chi connectivity index (χ1v) is 7.17. The van der Waals surface area contributed by atoms with E-state index < -0.39 is 0 Å². The molecule has 2 N–H and O–H groups in total. The number of carbonyl (C=O) groups excluding carboxylic acids is 1. The van der Waals surface area contributed by atoms with E-state index in [1.54, 1.807) is 0 Å². The number of H-pyrrole nitrogens is 1. The fraction of sp³-hybridized carbons (Fsp3) is 0.400. The molecular formula is C15H21N5O. The molecule has 0 atom stereocenters. The van der Waals surface area contributed by atoms with E-state index in [2.05, 4.69) is 45.3 Å². The molecule has 0 saturated carbocycles. The summed E-state index contributed by atoms with van der Waals surface area (Å²) in [6.45, 7) is 7.69. The number of hydrogen-bond acceptors (Lipinski definition) is 4. The number of nitrogens with one attached hydrogen (secondary N) is 2. The molecule has 1 heterocycles. The fourth-order valence-corrected chi connectivity index (χ4v) is 2.15. The van der Waals surface area contributed by atoms with Crippen molar-refractivity contribution >= 4 is 5.91 Å². The lowest BCUT2D eigenvalue weighted by molar-refractivity contribution is 0.0941. The average molecular weight is 287 g/mol. The summed E-state index contributed by atoms with van der Waals surface area (Å²) in [6, 6.07) is 8.16. The van der Waals surface area contributed by atoms with E-state index >= 15 is 0 Å². The minimum absolute atomic E-state index is 0.233. The highest BCUT2D eigenvalue weighted by Gasteiger charge is 2.10. The molecule has 2 aromatic rings. The lowest BCUT2D eigenvalue weighted by atomic mass is 10.1. The van der Waals surface area contributed by atoms with Crippen LogP contribution < -0.4 is 5.32 Å². The topological polar surface area (TPSA) is 73.9 Å². The first-order chi connectivity index (χ1) is 10.2. The van der Waals surface area contributed by atoms with E-state index in [1.165, 1.54) is 11.9 Å². The Morgan fingerprint density at radius 1 is 1.24 bits per heavy atom. The van der Waals surface area contributed by atoms with Crippen LogP contribution in [-0.2, 0) is 13.1 Å². The molecule has 0 radical (unpaired) electrons. The zero-order valence-corrected chi connectivity index (χ0v) is 12.5. The van der Waals surface area contributed by atoms with Gasteiger partial charge in [-0.25, -0.2) is 4.98 Å². The summed E-state index contributed by atoms with van der Waals surface area (Å²) in [7, 11) is 0. The first-order valence-electron chi connectivity index (χ1n) is 7.17. The lowest BCUT2D eigenvalue weighted by Gasteiger charge is -2.20. The second-order valence-electron chi connectivity index (χ2n) is 4.75. The Kier molecular flexibility index (Phi) is 5.45. The van der Waals surface area contributed by atoms with Crippen LogP contribution in [0.25, 0.3) is 0 Å². The van der Waals surface area contributed by atoms with Gasteiger partial charge in [0.2, 0.25) is 5.82 Å². The molecule has 1 aromatic heterocycles. The number of aromatic amines is 1. The van der Waals surface area contributed by atoms with Gasteiger partial charge in [-0.15, -0.1) is 0 Å². The summed E-state index contributed by atoms with van der Waals surface area (Å²) in [5.41, 5.74) is 2.36. The quantitative estimate of drug-likeness (QED) is 0.811. The third-order valence-corrected chi connectivity index (χ3v) is 3.48. The van der Waals surface area contributed by atoms with Gasteiger partial charge in [0.1, 0.15) is 6.33 Å². The van der Waals surface area contributed by atoms with Gasteiger partial charge >= 0.3 is 0 Å². The van der Waals surface area contributed by atoms with Crippen LogP contribution in [0.2, 0.25) is 0 Å². The molecule has 6 nitrogen and oxygen atoms in total. The summed E-state index contributed by atoms with van der Waals surface area (Å²) in [4.78, 5) is 18.1. The number of rotatable bonds is 7. The van der Waals surface area contributed by atoms with Crippen LogP contribution in [0.1, 0.15) is 35.6 Å². The van der Waals surface area contributed by atoms with Gasteiger partial charge in [-0.2, -0.15) is 5.10 Å². The molecule has 1 aromatic carbocycles. The first kappa shape index (κ1) is 15.2. The molecule has 0 fully saturated rings. The van der Waals surface area contributed by atoms with Crippen LogP contribution in [0, 0.1) is 0 Å². The predicted molar refractivity (Wildman–Crippen MR) is 80.6 cm³/mol. The highest BCUT2D eigenvalue weighted by molar-refractivity contribution is 5.90. The maximum absolute atomic E-state index is 11.9. The Hall–Kier alpha value is -2.21. The standard InChI is InChI=1S/C15H21N5O/c1-3-20(4-2)10-13-8-6-5-7-12(13)9-16-15(21)14-17-11-18-19-14/h5-8,11H,3-4,9-10H2,1-2H3,(H,16,21)(H,17,18,19). The number of nitrogens with zero attached hydrogens (tertiary/aromatic N) is 3. The van der Waals surface area contributed by atoms with Crippen molar-refractivity contribution in [3.63, 3.8) is 0 Å². The molecule has 0 bridgehead atoms. The fourth-order valence-electron chi connectivity index (χ4n) is 2.15. The number of amides is 1. The summed E-state index contributed by atoms with van der Waals surface area (Å²) < 4.78 is 0. The van der Waals surface area contributed by atoms with Gasteiger partial charge in [0.05, 0.1) is 0 Å². The Balaban J connectivity index is 2.01. The van der Waals surface area contributed by atoms with E-state index in [4.69, 9.17) is 0 Å². The number of aromatic nitrogens is 3. The van der Waals surface area contributed by atoms with Crippen LogP contribution in [0.4, 0.5) is 0 Å². The highest BCUT2D eigenvalue weighted by Crippen LogP contribution is 2.11. The van der Waals surface area contributed by atoms with E-state index in [9.17, 15) is 4.79 Å². The van der Waals surface area contributed by atoms with Crippen LogP contribution in [-0.4, -0.2) is 39.1 Å². The number of benzene rings is 1. The van der Waals surface area contributed by atoms with Crippen LogP contribution in [0.15, 0.2) is 30.6 Å². The van der Waals surface area contributed by atoms with Crippen molar-refractivity contribution in [2.24, 2.45) is 0 Å². The molecule has 1 amide bonds. The van der Waals surface area contributed by atoms with Gasteiger partial charge in [-0.3, -0.25) is 14.8 Å². The average Bonchev–Trinajstić information content (AvgIpc) is 3.05. The van der Waals surface area contributed by atoms with Gasteiger partial charge in [-0.1, -0.05) is 38.1 Å². The molecule has 0 aliphatic heterocycles. The predicted octanol–water partition coefficient (Wildman–Crippen LogP) is 1.58. The smallest absolute Gasteiger partial charge is 0.288 e. The molecule has 21 heavy (non-hydrogen) atoms. The Labute approximate surface area is 124 Å². The summed E-state index contributed by atoms with van der Waals surface area (Å²) >= 11 is 0. The molecule has 0 unspecified atom stereocenters. The van der Waals surface area contributed by atoms with E-state index in [-0.39, 0.29) is 11.7 Å². The molecule has 0 saturated heterocycles. The lowest BCUT2D eigenvalue weighted by Crippen LogP contribution is -2.26. The van der Waals surface area contributed by atoms with Gasteiger partial charge in [-0.05, 0) is 24.2 Å². The maximum Gasteiger partial charge on any atom is 0.288 e. The van der Waals surface area contributed by atoms with E-state index in [0.29, 0.717) is 6.54 Å². The molecule has 112 valence electrons. The van der Waals surface area contributed by atoms with Crippen molar-refractivity contribution in [2.45, 2.75) is 26.9 Å². The van der Waals surface area contributed by atoms with Gasteiger partial charge in [0, 0.05) is 13.1 Å². The minimum Gasteiger partial charge on any atom is -0.345 e. The Morgan fingerprint density at radius 3 is 2.57 bits per heavy atom. The number of carbonyl (C=O) groups is 1. The largest absolute Gasteiger partial charge is 0.345 e. The Bertz CT molecular complexity index is 563. The molecule has 6 heteroatoms. The summed E-state index contributed by atoms with van der Waals surface area (Å²) in [5, 5.41) is 9.09. The maximum atomic E-state index is 11.9. The van der Waals surface area contributed by atoms with E-state index in [1.807, 2.05) is 18.2 Å². The van der Waals surface area contributed by atoms with E-state index in [0.717, 1.165) is 25.2 Å². The van der Waals surface area contributed by atoms with Crippen molar-refractivity contribution in [3.05, 3.63) is 47.5 Å². The molecule has 0 aliphatic rings. The van der Waals surface area contributed by atoms with Crippen LogP contribution in [0.5, 0.6) is 0 Å². The third kappa shape index (κ3) is 4.13. The molecule has 2 rings (SSSR count). The van der Waals surface area contributed by atoms with Crippen molar-refractivity contribution in [1.82, 2.24) is 25.4 Å². The minimum atomic E-state index is -0.245. The zero-order valence-electron chi connectivity index (χ0n) is 12.5. The van der Waals surface area contributed by atoms with Crippen molar-refractivity contribution in [1.29, 1.82) is 0 Å². The third-order valence-electron chi connectivity index (χ3n) is 3.48. The summed E-state index contributed by atoms with van der Waals surface area (Å²) in [6.07, 6.45) is 1.32. The Morgan fingerprint density at radius 2 is 1.95 bits per heavy atom. The monoisotopic (exact) mass is 287 g/mol. The molecular weight excluding hydrogens is 266 g/mol. The van der Waals surface area contributed by atoms with Crippen molar-refractivity contribution in [3.8, 4) is 0 Å². The van der Waals surface area contributed by atoms with Crippen molar-refractivity contribution in [2.75, 3.05) is 13.1 Å². The SMILES string of the molecule is CCN(CC)Cc1ccccc1CNC(=O)c1ncn[nH]1. The zero-order chi connectivity index (χ0) is 15.1. The second kappa shape index (κ2) is 7.54. The van der Waals surface area contributed by atoms with Gasteiger partial charge in [0.15, 0.2) is 0 Å². The summed E-state index contributed by atoms with van der Waals surface area (Å²) in [5.74, 6) is -0.0126. The second-order valence-corrected chi connectivity index (χ2v) is 4.75. The number of hydrogen-bond donors (Lipinski definition) is 2. The molecule has 0 aliphatic carbocycles. The normalized spacial score (nSPS) is 10.8. The van der Waals surface area contributed by atoms with Gasteiger partial charge < -0.3 is 5.32 Å². The van der Waals surface area contributed by atoms with Crippen molar-refractivity contribution < 1.29 is 4.79 Å². The van der Waals surface area contributed by atoms with Crippen LogP contribution >= 0.6 is 0 Å². The van der Waals surface area contributed by atoms with Crippen LogP contribution in [0.3, 0.4) is 0 Å². The van der Waals surface area contributed by atoms with Gasteiger partial charge in [0.25, 0.3) is 5.91 Å². The highest BCUT2D eigenvalue weighted by atomic mass is 16.2. The molecule has 0 spiro atoms.